The van der Waals surface area contributed by atoms with Gasteiger partial charge in [-0.1, -0.05) is 84.7 Å². The molecule has 9 rings (SSSR count). The first kappa shape index (κ1) is 28.7. The molecule has 0 N–H and O–H groups in total. The first-order chi connectivity index (χ1) is 24.2. The van der Waals surface area contributed by atoms with Crippen molar-refractivity contribution >= 4 is 44.5 Å². The largest absolute Gasteiger partial charge is 0.313 e. The van der Waals surface area contributed by atoms with Gasteiger partial charge in [0.2, 0.25) is 0 Å². The van der Waals surface area contributed by atoms with Crippen molar-refractivity contribution in [2.24, 2.45) is 0 Å². The van der Waals surface area contributed by atoms with Gasteiger partial charge in [0.15, 0.2) is 0 Å². The predicted octanol–water partition coefficient (Wildman–Crippen LogP) is 10.3. The number of aromatic nitrogens is 2. The van der Waals surface area contributed by atoms with E-state index in [0.29, 0.717) is 11.1 Å². The van der Waals surface area contributed by atoms with E-state index >= 15 is 0 Å². The van der Waals surface area contributed by atoms with E-state index in [1.807, 2.05) is 24.3 Å². The highest BCUT2D eigenvalue weighted by Gasteiger charge is 2.26. The topological polar surface area (TPSA) is 57.4 Å². The number of hydrogen-bond acceptors (Lipinski definition) is 2. The standard InChI is InChI=1S/C45H30N4/c46-28-30-22-25-43-39(26-30)38-17-3-4-18-40(38)48(43)35-14-8-12-33(27-35)31-10-7-11-32(24-23-31)45-34(29-47)13-9-21-44(45)49-41-19-5-1-15-36(41)37-16-2-6-20-42(37)49/h1,3-8,10-15,17-20,22,25-27,31H,2,9,16,21H2. The average Bonchev–Trinajstić information content (AvgIpc) is 3.55. The van der Waals surface area contributed by atoms with E-state index in [4.69, 9.17) is 0 Å². The van der Waals surface area contributed by atoms with Gasteiger partial charge in [-0.2, -0.15) is 10.5 Å². The maximum atomic E-state index is 10.4. The smallest absolute Gasteiger partial charge is 0.0995 e. The highest BCUT2D eigenvalue weighted by Crippen LogP contribution is 2.41. The normalized spacial score (nSPS) is 16.8. The fraction of sp³-hybridized carbons (Fsp3) is 0.111. The summed E-state index contributed by atoms with van der Waals surface area (Å²) in [4.78, 5) is 0. The molecule has 1 atom stereocenters. The van der Waals surface area contributed by atoms with Crippen LogP contribution in [0.15, 0.2) is 138 Å². The Hall–Kier alpha value is -6.54. The quantitative estimate of drug-likeness (QED) is 0.183. The molecule has 0 amide bonds. The van der Waals surface area contributed by atoms with Crippen LogP contribution >= 0.6 is 0 Å². The zero-order chi connectivity index (χ0) is 32.9. The second kappa shape index (κ2) is 11.6. The van der Waals surface area contributed by atoms with Crippen LogP contribution in [0.3, 0.4) is 0 Å². The lowest BCUT2D eigenvalue weighted by Crippen LogP contribution is -2.10. The van der Waals surface area contributed by atoms with Gasteiger partial charge in [0.05, 0.1) is 45.7 Å². The lowest BCUT2D eigenvalue weighted by Gasteiger charge is -2.23. The molecule has 0 aliphatic heterocycles. The molecule has 0 saturated heterocycles. The Morgan fingerprint density at radius 2 is 1.55 bits per heavy atom. The second-order valence-corrected chi connectivity index (χ2v) is 12.8. The number of rotatable bonds is 4. The Balaban J connectivity index is 1.15. The van der Waals surface area contributed by atoms with E-state index in [1.165, 1.54) is 22.2 Å². The van der Waals surface area contributed by atoms with Crippen LogP contribution in [0.2, 0.25) is 0 Å². The van der Waals surface area contributed by atoms with Gasteiger partial charge < -0.3 is 9.13 Å². The minimum Gasteiger partial charge on any atom is -0.313 e. The average molecular weight is 627 g/mol. The van der Waals surface area contributed by atoms with E-state index < -0.39 is 0 Å². The van der Waals surface area contributed by atoms with Crippen molar-refractivity contribution in [3.63, 3.8) is 0 Å². The number of fused-ring (bicyclic) bond motifs is 6. The van der Waals surface area contributed by atoms with Crippen LogP contribution in [0.1, 0.15) is 47.6 Å². The molecule has 3 aliphatic rings. The van der Waals surface area contributed by atoms with Gasteiger partial charge in [0.25, 0.3) is 0 Å². The summed E-state index contributed by atoms with van der Waals surface area (Å²) < 4.78 is 4.66. The summed E-state index contributed by atoms with van der Waals surface area (Å²) in [5.74, 6) is 6.99. The molecule has 4 nitrogen and oxygen atoms in total. The van der Waals surface area contributed by atoms with Crippen LogP contribution < -0.4 is 0 Å². The number of hydrogen-bond donors (Lipinski definition) is 0. The Labute approximate surface area is 285 Å². The lowest BCUT2D eigenvalue weighted by atomic mass is 9.89. The highest BCUT2D eigenvalue weighted by molar-refractivity contribution is 6.09. The number of aryl methyl sites for hydroxylation is 1. The van der Waals surface area contributed by atoms with Gasteiger partial charge in [-0.25, -0.2) is 0 Å². The maximum absolute atomic E-state index is 10.4. The van der Waals surface area contributed by atoms with E-state index in [2.05, 4.69) is 136 Å². The Morgan fingerprint density at radius 3 is 2.41 bits per heavy atom. The number of allylic oxidation sites excluding steroid dienone is 9. The van der Waals surface area contributed by atoms with E-state index in [1.54, 1.807) is 0 Å². The number of nitrogens with zero attached hydrogens (tertiary/aromatic N) is 4. The van der Waals surface area contributed by atoms with E-state index in [-0.39, 0.29) is 5.92 Å². The van der Waals surface area contributed by atoms with Crippen molar-refractivity contribution in [1.29, 1.82) is 10.5 Å². The summed E-state index contributed by atoms with van der Waals surface area (Å²) in [7, 11) is 0. The van der Waals surface area contributed by atoms with Crippen molar-refractivity contribution in [1.82, 2.24) is 9.13 Å². The summed E-state index contributed by atoms with van der Waals surface area (Å²) in [5, 5.41) is 23.4. The molecule has 3 aliphatic carbocycles. The summed E-state index contributed by atoms with van der Waals surface area (Å²) in [6, 6.07) is 36.3. The Morgan fingerprint density at radius 1 is 0.735 bits per heavy atom. The predicted molar refractivity (Wildman–Crippen MR) is 199 cm³/mol. The fourth-order valence-electron chi connectivity index (χ4n) is 7.87. The zero-order valence-electron chi connectivity index (χ0n) is 26.8. The number of nitriles is 2. The van der Waals surface area contributed by atoms with Crippen molar-refractivity contribution in [2.75, 3.05) is 0 Å². The van der Waals surface area contributed by atoms with Crippen molar-refractivity contribution < 1.29 is 0 Å². The van der Waals surface area contributed by atoms with Crippen molar-refractivity contribution in [2.45, 2.75) is 31.6 Å². The van der Waals surface area contributed by atoms with Gasteiger partial charge >= 0.3 is 0 Å². The Kier molecular flexibility index (Phi) is 6.79. The third-order valence-corrected chi connectivity index (χ3v) is 10.0. The molecule has 4 aromatic carbocycles. The van der Waals surface area contributed by atoms with Gasteiger partial charge in [0, 0.05) is 44.4 Å². The fourth-order valence-corrected chi connectivity index (χ4v) is 7.87. The molecular weight excluding hydrogens is 597 g/mol. The lowest BCUT2D eigenvalue weighted by molar-refractivity contribution is 0.916. The zero-order valence-corrected chi connectivity index (χ0v) is 26.8. The van der Waals surface area contributed by atoms with Gasteiger partial charge in [-0.05, 0) is 91.4 Å². The summed E-state index contributed by atoms with van der Waals surface area (Å²) in [6.45, 7) is 0. The molecule has 49 heavy (non-hydrogen) atoms. The third kappa shape index (κ3) is 4.60. The highest BCUT2D eigenvalue weighted by atomic mass is 15.0. The molecule has 1 unspecified atom stereocenters. The molecule has 0 radical (unpaired) electrons. The monoisotopic (exact) mass is 626 g/mol. The van der Waals surface area contributed by atoms with Gasteiger partial charge in [0.1, 0.15) is 0 Å². The molecule has 0 bridgehead atoms. The third-order valence-electron chi connectivity index (χ3n) is 10.0. The van der Waals surface area contributed by atoms with Crippen LogP contribution in [0.5, 0.6) is 0 Å². The van der Waals surface area contributed by atoms with Gasteiger partial charge in [-0.15, -0.1) is 0 Å². The molecular formula is C45H30N4. The molecule has 2 aromatic heterocycles. The summed E-state index contributed by atoms with van der Waals surface area (Å²) in [6.07, 6.45) is 16.6. The molecule has 4 heteroatoms. The summed E-state index contributed by atoms with van der Waals surface area (Å²) >= 11 is 0. The second-order valence-electron chi connectivity index (χ2n) is 12.8. The van der Waals surface area contributed by atoms with Crippen LogP contribution in [-0.2, 0) is 6.42 Å². The summed E-state index contributed by atoms with van der Waals surface area (Å²) in [5.41, 5.74) is 12.4. The van der Waals surface area contributed by atoms with E-state index in [9.17, 15) is 10.5 Å². The van der Waals surface area contributed by atoms with Crippen LogP contribution in [0.4, 0.5) is 0 Å². The van der Waals surface area contributed by atoms with Crippen LogP contribution in [-0.4, -0.2) is 9.13 Å². The first-order valence-corrected chi connectivity index (χ1v) is 16.8. The van der Waals surface area contributed by atoms with E-state index in [0.717, 1.165) is 75.6 Å². The number of benzene rings is 4. The molecule has 0 fully saturated rings. The van der Waals surface area contributed by atoms with Crippen molar-refractivity contribution in [3.05, 3.63) is 160 Å². The Bertz CT molecular complexity index is 2690. The number of para-hydroxylation sites is 2. The van der Waals surface area contributed by atoms with Gasteiger partial charge in [-0.3, -0.25) is 0 Å². The van der Waals surface area contributed by atoms with Crippen molar-refractivity contribution in [3.8, 4) is 29.7 Å². The molecule has 0 spiro atoms. The first-order valence-electron chi connectivity index (χ1n) is 16.8. The van der Waals surface area contributed by atoms with Crippen LogP contribution in [0, 0.1) is 34.5 Å². The molecule has 6 aromatic rings. The minimum atomic E-state index is -0.128. The SMILES string of the molecule is N#CC1=CCCC(n2c3c(c4ccccc42)CCC=C3)=C1C1=CC=CC(c2cccc(-n3c4ccccc4c4cc(C#N)ccc43)c2)C#C1. The molecule has 0 saturated carbocycles. The molecule has 2 heterocycles. The maximum Gasteiger partial charge on any atom is 0.0995 e. The van der Waals surface area contributed by atoms with Crippen LogP contribution in [0.25, 0.3) is 50.2 Å². The molecule has 230 valence electrons. The minimum absolute atomic E-state index is 0.128.